The number of amides is 2. The molecule has 1 unspecified atom stereocenters. The fraction of sp³-hybridized carbons (Fsp3) is 0.409. The Balaban J connectivity index is 1.60. The lowest BCUT2D eigenvalue weighted by Gasteiger charge is -2.38. The molecule has 1 aromatic heterocycles. The van der Waals surface area contributed by atoms with Crippen LogP contribution in [0.15, 0.2) is 48.8 Å². The van der Waals surface area contributed by atoms with Crippen LogP contribution in [-0.4, -0.2) is 73.5 Å². The van der Waals surface area contributed by atoms with Crippen LogP contribution in [0, 0.1) is 0 Å². The average molecular weight is 412 g/mol. The predicted molar refractivity (Wildman–Crippen MR) is 114 cm³/mol. The predicted octanol–water partition coefficient (Wildman–Crippen LogP) is 0.811. The summed E-state index contributed by atoms with van der Waals surface area (Å²) in [6.07, 6.45) is 3.30. The van der Waals surface area contributed by atoms with E-state index in [2.05, 4.69) is 32.5 Å². The number of nitrogens with one attached hydrogen (secondary N) is 2. The number of hydrogen-bond acceptors (Lipinski definition) is 6. The molecular weight excluding hydrogens is 382 g/mol. The standard InChI is InChI=1S/C22H29N5O3/c1-26-11-13-27(14-12-26)20(18-3-5-19(30-2)6-4-18)16-25-22(29)21(28)24-15-17-7-9-23-10-8-17/h3-10,20H,11-16H2,1-2H3,(H,24,28)(H,25,29). The zero-order chi connectivity index (χ0) is 21.3. The van der Waals surface area contributed by atoms with Gasteiger partial charge in [0, 0.05) is 51.7 Å². The van der Waals surface area contributed by atoms with Crippen molar-refractivity contribution < 1.29 is 14.3 Å². The van der Waals surface area contributed by atoms with E-state index in [1.54, 1.807) is 31.6 Å². The molecule has 2 heterocycles. The number of carbonyl (C=O) groups is 2. The molecule has 1 aromatic carbocycles. The minimum absolute atomic E-state index is 0.0125. The van der Waals surface area contributed by atoms with Crippen LogP contribution in [0.3, 0.4) is 0 Å². The fourth-order valence-corrected chi connectivity index (χ4v) is 3.45. The van der Waals surface area contributed by atoms with Gasteiger partial charge in [0.25, 0.3) is 0 Å². The summed E-state index contributed by atoms with van der Waals surface area (Å²) in [4.78, 5) is 33.1. The third kappa shape index (κ3) is 6.01. The molecule has 1 aliphatic heterocycles. The molecule has 8 nitrogen and oxygen atoms in total. The van der Waals surface area contributed by atoms with E-state index < -0.39 is 11.8 Å². The summed E-state index contributed by atoms with van der Waals surface area (Å²) in [5, 5.41) is 5.45. The lowest BCUT2D eigenvalue weighted by Crippen LogP contribution is -2.49. The largest absolute Gasteiger partial charge is 0.497 e. The number of ether oxygens (including phenoxy) is 1. The van der Waals surface area contributed by atoms with Gasteiger partial charge in [0.15, 0.2) is 0 Å². The molecule has 3 rings (SSSR count). The van der Waals surface area contributed by atoms with Crippen LogP contribution in [0.5, 0.6) is 5.75 Å². The van der Waals surface area contributed by atoms with Crippen molar-refractivity contribution in [3.8, 4) is 5.75 Å². The molecule has 0 radical (unpaired) electrons. The molecule has 2 N–H and O–H groups in total. The number of hydrogen-bond donors (Lipinski definition) is 2. The van der Waals surface area contributed by atoms with Gasteiger partial charge in [-0.3, -0.25) is 19.5 Å². The van der Waals surface area contributed by atoms with Crippen molar-refractivity contribution >= 4 is 11.8 Å². The van der Waals surface area contributed by atoms with Crippen molar-refractivity contribution in [2.24, 2.45) is 0 Å². The molecule has 1 aliphatic rings. The maximum atomic E-state index is 12.4. The molecule has 8 heteroatoms. The minimum atomic E-state index is -0.640. The topological polar surface area (TPSA) is 86.8 Å². The molecule has 2 aromatic rings. The zero-order valence-corrected chi connectivity index (χ0v) is 17.5. The van der Waals surface area contributed by atoms with Gasteiger partial charge in [-0.05, 0) is 42.4 Å². The quantitative estimate of drug-likeness (QED) is 0.656. The van der Waals surface area contributed by atoms with Gasteiger partial charge >= 0.3 is 11.8 Å². The molecule has 0 bridgehead atoms. The van der Waals surface area contributed by atoms with E-state index in [-0.39, 0.29) is 12.6 Å². The summed E-state index contributed by atoms with van der Waals surface area (Å²) >= 11 is 0. The Kier molecular flexibility index (Phi) is 7.75. The van der Waals surface area contributed by atoms with Crippen LogP contribution in [-0.2, 0) is 16.1 Å². The number of pyridine rings is 1. The molecule has 0 aliphatic carbocycles. The average Bonchev–Trinajstić information content (AvgIpc) is 2.79. The van der Waals surface area contributed by atoms with Gasteiger partial charge < -0.3 is 20.3 Å². The maximum absolute atomic E-state index is 12.4. The molecular formula is C22H29N5O3. The smallest absolute Gasteiger partial charge is 0.309 e. The van der Waals surface area contributed by atoms with Crippen molar-refractivity contribution in [2.75, 3.05) is 46.9 Å². The normalized spacial score (nSPS) is 15.9. The second kappa shape index (κ2) is 10.7. The summed E-state index contributed by atoms with van der Waals surface area (Å²) in [5.41, 5.74) is 1.97. The monoisotopic (exact) mass is 411 g/mol. The fourth-order valence-electron chi connectivity index (χ4n) is 3.45. The summed E-state index contributed by atoms with van der Waals surface area (Å²) in [5.74, 6) is -0.481. The lowest BCUT2D eigenvalue weighted by molar-refractivity contribution is -0.139. The van der Waals surface area contributed by atoms with Gasteiger partial charge in [-0.15, -0.1) is 0 Å². The number of methoxy groups -OCH3 is 1. The summed E-state index contributed by atoms with van der Waals surface area (Å²) in [6, 6.07) is 11.4. The second-order valence-electron chi connectivity index (χ2n) is 7.38. The molecule has 0 spiro atoms. The van der Waals surface area contributed by atoms with E-state index >= 15 is 0 Å². The van der Waals surface area contributed by atoms with Crippen LogP contribution in [0.2, 0.25) is 0 Å². The Bertz CT molecular complexity index is 820. The van der Waals surface area contributed by atoms with E-state index in [1.807, 2.05) is 24.3 Å². The molecule has 160 valence electrons. The minimum Gasteiger partial charge on any atom is -0.497 e. The number of piperazine rings is 1. The first-order valence-electron chi connectivity index (χ1n) is 10.1. The van der Waals surface area contributed by atoms with E-state index in [0.717, 1.165) is 43.1 Å². The van der Waals surface area contributed by atoms with Crippen molar-refractivity contribution in [3.05, 3.63) is 59.9 Å². The van der Waals surface area contributed by atoms with Crippen molar-refractivity contribution in [1.82, 2.24) is 25.4 Å². The summed E-state index contributed by atoms with van der Waals surface area (Å²) in [7, 11) is 3.74. The van der Waals surface area contributed by atoms with Crippen LogP contribution in [0.25, 0.3) is 0 Å². The first-order chi connectivity index (χ1) is 14.6. The summed E-state index contributed by atoms with van der Waals surface area (Å²) in [6.45, 7) is 4.38. The van der Waals surface area contributed by atoms with Crippen LogP contribution in [0.4, 0.5) is 0 Å². The Labute approximate surface area is 177 Å². The van der Waals surface area contributed by atoms with Crippen molar-refractivity contribution in [2.45, 2.75) is 12.6 Å². The first kappa shape index (κ1) is 21.7. The van der Waals surface area contributed by atoms with Gasteiger partial charge in [0.05, 0.1) is 13.2 Å². The third-order valence-electron chi connectivity index (χ3n) is 5.34. The van der Waals surface area contributed by atoms with E-state index in [4.69, 9.17) is 4.74 Å². The van der Waals surface area contributed by atoms with Crippen LogP contribution < -0.4 is 15.4 Å². The molecule has 1 fully saturated rings. The number of nitrogens with zero attached hydrogens (tertiary/aromatic N) is 3. The number of likely N-dealkylation sites (N-methyl/N-ethyl adjacent to an activating group) is 1. The van der Waals surface area contributed by atoms with E-state index in [0.29, 0.717) is 6.54 Å². The van der Waals surface area contributed by atoms with Gasteiger partial charge in [0.2, 0.25) is 0 Å². The Hall–Kier alpha value is -2.97. The zero-order valence-electron chi connectivity index (χ0n) is 17.5. The van der Waals surface area contributed by atoms with Gasteiger partial charge in [0.1, 0.15) is 5.75 Å². The van der Waals surface area contributed by atoms with Gasteiger partial charge in [-0.2, -0.15) is 0 Å². The second-order valence-corrected chi connectivity index (χ2v) is 7.38. The number of carbonyl (C=O) groups excluding carboxylic acids is 2. The Morgan fingerprint density at radius 1 is 1.00 bits per heavy atom. The number of benzene rings is 1. The number of rotatable bonds is 7. The lowest BCUT2D eigenvalue weighted by atomic mass is 10.0. The number of aromatic nitrogens is 1. The van der Waals surface area contributed by atoms with Crippen molar-refractivity contribution in [3.63, 3.8) is 0 Å². The van der Waals surface area contributed by atoms with Crippen LogP contribution in [0.1, 0.15) is 17.2 Å². The van der Waals surface area contributed by atoms with Gasteiger partial charge in [-0.1, -0.05) is 12.1 Å². The molecule has 0 saturated carbocycles. The van der Waals surface area contributed by atoms with Crippen molar-refractivity contribution in [1.29, 1.82) is 0 Å². The third-order valence-corrected chi connectivity index (χ3v) is 5.34. The Morgan fingerprint density at radius 3 is 2.27 bits per heavy atom. The Morgan fingerprint density at radius 2 is 1.63 bits per heavy atom. The molecule has 1 atom stereocenters. The van der Waals surface area contributed by atoms with E-state index in [9.17, 15) is 9.59 Å². The van der Waals surface area contributed by atoms with Crippen LogP contribution >= 0.6 is 0 Å². The first-order valence-corrected chi connectivity index (χ1v) is 10.1. The molecule has 1 saturated heterocycles. The maximum Gasteiger partial charge on any atom is 0.309 e. The van der Waals surface area contributed by atoms with E-state index in [1.165, 1.54) is 0 Å². The highest BCUT2D eigenvalue weighted by Crippen LogP contribution is 2.23. The summed E-state index contributed by atoms with van der Waals surface area (Å²) < 4.78 is 5.25. The highest BCUT2D eigenvalue weighted by atomic mass is 16.5. The molecule has 2 amide bonds. The highest BCUT2D eigenvalue weighted by molar-refractivity contribution is 6.35. The van der Waals surface area contributed by atoms with Gasteiger partial charge in [-0.25, -0.2) is 0 Å². The molecule has 30 heavy (non-hydrogen) atoms. The SMILES string of the molecule is COc1ccc(C(CNC(=O)C(=O)NCc2ccncc2)N2CCN(C)CC2)cc1. The highest BCUT2D eigenvalue weighted by Gasteiger charge is 2.25.